The Balaban J connectivity index is 1.76. The fourth-order valence-electron chi connectivity index (χ4n) is 3.70. The molecule has 1 N–H and O–H groups in total. The van der Waals surface area contributed by atoms with E-state index in [-0.39, 0.29) is 10.8 Å². The van der Waals surface area contributed by atoms with Crippen molar-refractivity contribution in [2.45, 2.75) is 37.5 Å². The normalized spacial score (nSPS) is 15.1. The van der Waals surface area contributed by atoms with E-state index in [1.54, 1.807) is 12.1 Å². The molecule has 0 spiro atoms. The Morgan fingerprint density at radius 1 is 1.00 bits per heavy atom. The summed E-state index contributed by atoms with van der Waals surface area (Å²) in [6.45, 7) is 4.55. The van der Waals surface area contributed by atoms with Crippen molar-refractivity contribution in [3.05, 3.63) is 54.1 Å². The maximum absolute atomic E-state index is 12.7. The van der Waals surface area contributed by atoms with E-state index in [1.165, 1.54) is 28.6 Å². The molecule has 10 heteroatoms. The van der Waals surface area contributed by atoms with E-state index in [9.17, 15) is 21.6 Å². The smallest absolute Gasteiger partial charge is 0.245 e. The molecular formula is C22H29N3O5S2. The highest BCUT2D eigenvalue weighted by Crippen LogP contribution is 2.29. The lowest BCUT2D eigenvalue weighted by molar-refractivity contribution is -0.114. The molecule has 0 atom stereocenters. The fraction of sp³-hybridized carbons (Fsp3) is 0.409. The first-order valence-electron chi connectivity index (χ1n) is 10.5. The van der Waals surface area contributed by atoms with Crippen molar-refractivity contribution < 1.29 is 21.6 Å². The number of nitrogens with zero attached hydrogens (tertiary/aromatic N) is 2. The molecule has 0 saturated carbocycles. The van der Waals surface area contributed by atoms with Crippen LogP contribution in [0.1, 0.15) is 38.2 Å². The van der Waals surface area contributed by atoms with Gasteiger partial charge in [0.2, 0.25) is 26.0 Å². The monoisotopic (exact) mass is 479 g/mol. The number of carbonyl (C=O) groups is 1. The maximum Gasteiger partial charge on any atom is 0.245 e. The summed E-state index contributed by atoms with van der Waals surface area (Å²) in [5, 5.41) is 2.66. The maximum atomic E-state index is 12.7. The highest BCUT2D eigenvalue weighted by atomic mass is 32.2. The third kappa shape index (κ3) is 5.48. The lowest BCUT2D eigenvalue weighted by atomic mass is 10.0. The first kappa shape index (κ1) is 24.2. The number of hydrogen-bond donors (Lipinski definition) is 1. The van der Waals surface area contributed by atoms with Crippen LogP contribution in [0.3, 0.4) is 0 Å². The van der Waals surface area contributed by atoms with Gasteiger partial charge < -0.3 is 5.32 Å². The Morgan fingerprint density at radius 2 is 1.59 bits per heavy atom. The van der Waals surface area contributed by atoms with Gasteiger partial charge in [0.05, 0.1) is 16.8 Å². The molecule has 1 amide bonds. The average molecular weight is 480 g/mol. The van der Waals surface area contributed by atoms with Gasteiger partial charge in [0.15, 0.2) is 0 Å². The van der Waals surface area contributed by atoms with Crippen LogP contribution in [-0.4, -0.2) is 52.9 Å². The molecule has 1 aliphatic rings. The second-order valence-corrected chi connectivity index (χ2v) is 12.0. The molecule has 2 aromatic rings. The summed E-state index contributed by atoms with van der Waals surface area (Å²) < 4.78 is 52.7. The highest BCUT2D eigenvalue weighted by molar-refractivity contribution is 7.92. The summed E-state index contributed by atoms with van der Waals surface area (Å²) in [5.41, 5.74) is 1.68. The van der Waals surface area contributed by atoms with Gasteiger partial charge in [-0.15, -0.1) is 0 Å². The van der Waals surface area contributed by atoms with E-state index >= 15 is 0 Å². The summed E-state index contributed by atoms with van der Waals surface area (Å²) in [4.78, 5) is 12.8. The van der Waals surface area contributed by atoms with Gasteiger partial charge >= 0.3 is 0 Å². The molecule has 0 bridgehead atoms. The predicted molar refractivity (Wildman–Crippen MR) is 126 cm³/mol. The number of benzene rings is 2. The number of hydrogen-bond acceptors (Lipinski definition) is 5. The van der Waals surface area contributed by atoms with E-state index < -0.39 is 32.5 Å². The van der Waals surface area contributed by atoms with Crippen molar-refractivity contribution in [2.24, 2.45) is 0 Å². The minimum atomic E-state index is -3.71. The zero-order valence-corrected chi connectivity index (χ0v) is 20.1. The second kappa shape index (κ2) is 9.60. The molecule has 1 heterocycles. The molecule has 1 fully saturated rings. The SMILES string of the molecule is CC(C)c1ccccc1N(CC(=O)Nc1ccc(S(=O)(=O)N2CCCC2)cc1)S(C)(=O)=O. The second-order valence-electron chi connectivity index (χ2n) is 8.17. The van der Waals surface area contributed by atoms with Crippen molar-refractivity contribution in [3.8, 4) is 0 Å². The number of para-hydroxylation sites is 1. The Bertz CT molecular complexity index is 1170. The largest absolute Gasteiger partial charge is 0.325 e. The van der Waals surface area contributed by atoms with Gasteiger partial charge in [-0.2, -0.15) is 4.31 Å². The molecule has 3 rings (SSSR count). The molecule has 32 heavy (non-hydrogen) atoms. The molecule has 1 aliphatic heterocycles. The Hall–Kier alpha value is -2.43. The third-order valence-electron chi connectivity index (χ3n) is 5.36. The van der Waals surface area contributed by atoms with Gasteiger partial charge in [-0.3, -0.25) is 9.10 Å². The highest BCUT2D eigenvalue weighted by Gasteiger charge is 2.27. The van der Waals surface area contributed by atoms with Crippen LogP contribution in [0.4, 0.5) is 11.4 Å². The average Bonchev–Trinajstić information content (AvgIpc) is 3.27. The van der Waals surface area contributed by atoms with Crippen LogP contribution < -0.4 is 9.62 Å². The van der Waals surface area contributed by atoms with Gasteiger partial charge in [-0.1, -0.05) is 32.0 Å². The third-order valence-corrected chi connectivity index (χ3v) is 8.40. The van der Waals surface area contributed by atoms with E-state index in [0.29, 0.717) is 24.5 Å². The van der Waals surface area contributed by atoms with Crippen molar-refractivity contribution in [3.63, 3.8) is 0 Å². The number of sulfonamides is 2. The van der Waals surface area contributed by atoms with Gasteiger partial charge in [0, 0.05) is 18.8 Å². The zero-order chi connectivity index (χ0) is 23.5. The van der Waals surface area contributed by atoms with Crippen molar-refractivity contribution in [2.75, 3.05) is 35.5 Å². The molecule has 0 aromatic heterocycles. The zero-order valence-electron chi connectivity index (χ0n) is 18.5. The molecule has 0 radical (unpaired) electrons. The lowest BCUT2D eigenvalue weighted by Gasteiger charge is -2.25. The van der Waals surface area contributed by atoms with Crippen molar-refractivity contribution in [1.82, 2.24) is 4.31 Å². The fourth-order valence-corrected chi connectivity index (χ4v) is 6.10. The predicted octanol–water partition coefficient (Wildman–Crippen LogP) is 3.00. The van der Waals surface area contributed by atoms with Gasteiger partial charge in [0.25, 0.3) is 0 Å². The van der Waals surface area contributed by atoms with E-state index in [4.69, 9.17) is 0 Å². The Kier molecular flexibility index (Phi) is 7.26. The van der Waals surface area contributed by atoms with Gasteiger partial charge in [0.1, 0.15) is 6.54 Å². The summed E-state index contributed by atoms with van der Waals surface area (Å²) in [6.07, 6.45) is 2.77. The molecule has 8 nitrogen and oxygen atoms in total. The van der Waals surface area contributed by atoms with Crippen LogP contribution >= 0.6 is 0 Å². The molecular weight excluding hydrogens is 450 g/mol. The van der Waals surface area contributed by atoms with Crippen molar-refractivity contribution >= 4 is 37.3 Å². The lowest BCUT2D eigenvalue weighted by Crippen LogP contribution is -2.38. The number of rotatable bonds is 8. The summed E-state index contributed by atoms with van der Waals surface area (Å²) in [7, 11) is -7.25. The van der Waals surface area contributed by atoms with Gasteiger partial charge in [-0.25, -0.2) is 16.8 Å². The van der Waals surface area contributed by atoms with E-state index in [0.717, 1.165) is 29.0 Å². The topological polar surface area (TPSA) is 104 Å². The standard InChI is InChI=1S/C22H29N3O5S2/c1-17(2)20-8-4-5-9-21(20)25(31(3,27)28)16-22(26)23-18-10-12-19(13-11-18)32(29,30)24-14-6-7-15-24/h4-5,8-13,17H,6-7,14-16H2,1-3H3,(H,23,26). The number of nitrogens with one attached hydrogen (secondary N) is 1. The number of carbonyl (C=O) groups excluding carboxylic acids is 1. The van der Waals surface area contributed by atoms with Crippen LogP contribution in [0.2, 0.25) is 0 Å². The molecule has 1 saturated heterocycles. The Labute approximate surface area is 190 Å². The van der Waals surface area contributed by atoms with Crippen LogP contribution in [0, 0.1) is 0 Å². The molecule has 0 aliphatic carbocycles. The molecule has 174 valence electrons. The minimum absolute atomic E-state index is 0.0728. The van der Waals surface area contributed by atoms with Gasteiger partial charge in [-0.05, 0) is 54.7 Å². The van der Waals surface area contributed by atoms with Crippen LogP contribution in [0.25, 0.3) is 0 Å². The number of amides is 1. The summed E-state index contributed by atoms with van der Waals surface area (Å²) in [6, 6.07) is 13.0. The minimum Gasteiger partial charge on any atom is -0.325 e. The number of anilines is 2. The summed E-state index contributed by atoms with van der Waals surface area (Å²) in [5.74, 6) is -0.451. The molecule has 0 unspecified atom stereocenters. The van der Waals surface area contributed by atoms with E-state index in [1.807, 2.05) is 26.0 Å². The first-order valence-corrected chi connectivity index (χ1v) is 13.8. The van der Waals surface area contributed by atoms with Crippen LogP contribution in [0.15, 0.2) is 53.4 Å². The Morgan fingerprint density at radius 3 is 2.16 bits per heavy atom. The van der Waals surface area contributed by atoms with E-state index in [2.05, 4.69) is 5.32 Å². The molecule has 2 aromatic carbocycles. The first-order chi connectivity index (χ1) is 15.0. The quantitative estimate of drug-likeness (QED) is 0.627. The van der Waals surface area contributed by atoms with Crippen molar-refractivity contribution in [1.29, 1.82) is 0 Å². The summed E-state index contributed by atoms with van der Waals surface area (Å²) >= 11 is 0. The van der Waals surface area contributed by atoms with Crippen LogP contribution in [-0.2, 0) is 24.8 Å². The van der Waals surface area contributed by atoms with Crippen LogP contribution in [0.5, 0.6) is 0 Å².